The molecule has 0 N–H and O–H groups in total. The van der Waals surface area contributed by atoms with Gasteiger partial charge in [-0.15, -0.1) is 11.3 Å². The number of benzene rings is 2. The van der Waals surface area contributed by atoms with Crippen LogP contribution in [-0.2, 0) is 0 Å². The zero-order valence-electron chi connectivity index (χ0n) is 15.9. The summed E-state index contributed by atoms with van der Waals surface area (Å²) >= 11 is 1.16. The van der Waals surface area contributed by atoms with E-state index in [4.69, 9.17) is 0 Å². The predicted molar refractivity (Wildman–Crippen MR) is 113 cm³/mol. The van der Waals surface area contributed by atoms with E-state index in [0.29, 0.717) is 20.8 Å². The van der Waals surface area contributed by atoms with Crippen molar-refractivity contribution in [1.29, 1.82) is 10.5 Å². The van der Waals surface area contributed by atoms with Crippen molar-refractivity contribution < 1.29 is 0 Å². The van der Waals surface area contributed by atoms with Crippen LogP contribution in [0.2, 0.25) is 0 Å². The summed E-state index contributed by atoms with van der Waals surface area (Å²) in [7, 11) is 0. The first-order valence-corrected chi connectivity index (χ1v) is 9.71. The van der Waals surface area contributed by atoms with Crippen LogP contribution in [0, 0.1) is 29.6 Å². The van der Waals surface area contributed by atoms with E-state index in [-0.39, 0.29) is 11.1 Å². The summed E-state index contributed by atoms with van der Waals surface area (Å²) in [5, 5.41) is 18.7. The molecule has 0 unspecified atom stereocenters. The highest BCUT2D eigenvalue weighted by molar-refractivity contribution is 7.07. The van der Waals surface area contributed by atoms with Gasteiger partial charge in [-0.2, -0.15) is 10.5 Å². The van der Waals surface area contributed by atoms with Gasteiger partial charge in [-0.25, -0.2) is 0 Å². The van der Waals surface area contributed by atoms with Crippen molar-refractivity contribution in [3.63, 3.8) is 0 Å². The summed E-state index contributed by atoms with van der Waals surface area (Å²) in [5.41, 5.74) is 3.50. The van der Waals surface area contributed by atoms with Gasteiger partial charge in [-0.3, -0.25) is 9.36 Å². The van der Waals surface area contributed by atoms with Crippen LogP contribution in [0.4, 0.5) is 0 Å². The molecule has 1 heterocycles. The molecule has 5 heteroatoms. The average Bonchev–Trinajstić information content (AvgIpc) is 2.99. The number of hydrogen-bond acceptors (Lipinski definition) is 4. The van der Waals surface area contributed by atoms with Crippen LogP contribution in [0.1, 0.15) is 36.5 Å². The fraction of sp³-hybridized carbons (Fsp3) is 0.174. The van der Waals surface area contributed by atoms with Gasteiger partial charge in [0.2, 0.25) is 0 Å². The summed E-state index contributed by atoms with van der Waals surface area (Å²) in [5.74, 6) is 0.373. The Kier molecular flexibility index (Phi) is 5.59. The highest BCUT2D eigenvalue weighted by Gasteiger charge is 2.11. The number of hydrogen-bond donors (Lipinski definition) is 0. The molecule has 0 fully saturated rings. The first kappa shape index (κ1) is 19.4. The second-order valence-electron chi connectivity index (χ2n) is 6.82. The Balaban J connectivity index is 2.32. The molecule has 0 aliphatic heterocycles. The molecular weight excluding hydrogens is 366 g/mol. The SMILES string of the molecule is Cc1cccc(/C=c2/sc(=C(C#N)C#N)n(-c3ccc(C(C)C)cc3)c2=O)c1. The van der Waals surface area contributed by atoms with E-state index in [0.717, 1.165) is 28.0 Å². The zero-order valence-corrected chi connectivity index (χ0v) is 16.7. The van der Waals surface area contributed by atoms with Crippen molar-refractivity contribution in [2.45, 2.75) is 26.7 Å². The Hall–Kier alpha value is -3.41. The largest absolute Gasteiger partial charge is 0.273 e. The molecule has 0 saturated heterocycles. The van der Waals surface area contributed by atoms with Crippen molar-refractivity contribution >= 4 is 23.0 Å². The highest BCUT2D eigenvalue weighted by Crippen LogP contribution is 2.15. The molecule has 28 heavy (non-hydrogen) atoms. The van der Waals surface area contributed by atoms with Gasteiger partial charge in [-0.05, 0) is 42.2 Å². The average molecular weight is 385 g/mol. The lowest BCUT2D eigenvalue weighted by Crippen LogP contribution is -2.30. The van der Waals surface area contributed by atoms with Gasteiger partial charge in [0.05, 0.1) is 10.2 Å². The molecule has 0 spiro atoms. The van der Waals surface area contributed by atoms with E-state index < -0.39 is 0 Å². The molecule has 0 atom stereocenters. The molecule has 0 amide bonds. The molecule has 0 radical (unpaired) electrons. The number of aryl methyl sites for hydroxylation is 1. The monoisotopic (exact) mass is 385 g/mol. The molecule has 4 nitrogen and oxygen atoms in total. The molecule has 1 aromatic heterocycles. The fourth-order valence-electron chi connectivity index (χ4n) is 2.92. The molecule has 0 aliphatic carbocycles. The van der Waals surface area contributed by atoms with Crippen LogP contribution < -0.4 is 14.8 Å². The molecule has 0 bridgehead atoms. The predicted octanol–water partition coefficient (Wildman–Crippen LogP) is 3.36. The standard InChI is InChI=1S/C23H19N3OS/c1-15(2)18-7-9-20(10-8-18)26-22(27)21(28-23(26)19(13-24)14-25)12-17-6-4-5-16(3)11-17/h4-12,15H,1-3H3/b21-12+. The lowest BCUT2D eigenvalue weighted by molar-refractivity contribution is 0.864. The number of aromatic nitrogens is 1. The van der Waals surface area contributed by atoms with Crippen LogP contribution in [0.3, 0.4) is 0 Å². The van der Waals surface area contributed by atoms with Gasteiger partial charge < -0.3 is 0 Å². The van der Waals surface area contributed by atoms with Crippen molar-refractivity contribution in [3.05, 3.63) is 84.8 Å². The summed E-state index contributed by atoms with van der Waals surface area (Å²) in [6, 6.07) is 19.3. The molecule has 0 saturated carbocycles. The summed E-state index contributed by atoms with van der Waals surface area (Å²) in [6.07, 6.45) is 1.80. The minimum atomic E-state index is -0.234. The lowest BCUT2D eigenvalue weighted by atomic mass is 10.0. The van der Waals surface area contributed by atoms with Gasteiger partial charge in [0.25, 0.3) is 5.56 Å². The molecule has 0 aliphatic rings. The highest BCUT2D eigenvalue weighted by atomic mass is 32.1. The van der Waals surface area contributed by atoms with Gasteiger partial charge >= 0.3 is 0 Å². The topological polar surface area (TPSA) is 69.6 Å². The Bertz CT molecular complexity index is 1260. The fourth-order valence-corrected chi connectivity index (χ4v) is 3.98. The Labute approximate surface area is 167 Å². The second-order valence-corrected chi connectivity index (χ2v) is 7.85. The Morgan fingerprint density at radius 1 is 1.11 bits per heavy atom. The second kappa shape index (κ2) is 8.08. The van der Waals surface area contributed by atoms with E-state index in [2.05, 4.69) is 13.8 Å². The van der Waals surface area contributed by atoms with Gasteiger partial charge in [0.1, 0.15) is 16.8 Å². The number of nitrogens with zero attached hydrogens (tertiary/aromatic N) is 3. The number of nitriles is 2. The molecule has 3 aromatic rings. The Morgan fingerprint density at radius 3 is 2.36 bits per heavy atom. The third-order valence-electron chi connectivity index (χ3n) is 4.42. The third kappa shape index (κ3) is 3.81. The van der Waals surface area contributed by atoms with Crippen LogP contribution in [-0.4, -0.2) is 4.57 Å². The smallest absolute Gasteiger partial charge is 0.267 e. The van der Waals surface area contributed by atoms with Gasteiger partial charge in [0.15, 0.2) is 5.57 Å². The van der Waals surface area contributed by atoms with E-state index in [1.54, 1.807) is 6.08 Å². The molecule has 3 rings (SSSR count). The first-order valence-electron chi connectivity index (χ1n) is 8.89. The van der Waals surface area contributed by atoms with Crippen molar-refractivity contribution in [1.82, 2.24) is 4.57 Å². The third-order valence-corrected chi connectivity index (χ3v) is 5.51. The number of thiazole rings is 1. The normalized spacial score (nSPS) is 11.3. The molecular formula is C23H19N3OS. The van der Waals surface area contributed by atoms with Crippen LogP contribution >= 0.6 is 11.3 Å². The maximum atomic E-state index is 13.1. The van der Waals surface area contributed by atoms with E-state index in [1.807, 2.05) is 67.6 Å². The van der Waals surface area contributed by atoms with Crippen molar-refractivity contribution in [2.24, 2.45) is 0 Å². The summed E-state index contributed by atoms with van der Waals surface area (Å²) in [4.78, 5) is 13.1. The minimum absolute atomic E-state index is 0.0704. The van der Waals surface area contributed by atoms with Crippen LogP contribution in [0.25, 0.3) is 17.3 Å². The van der Waals surface area contributed by atoms with Crippen molar-refractivity contribution in [3.8, 4) is 17.8 Å². The van der Waals surface area contributed by atoms with Gasteiger partial charge in [-0.1, -0.05) is 55.8 Å². The van der Waals surface area contributed by atoms with Crippen molar-refractivity contribution in [2.75, 3.05) is 0 Å². The maximum absolute atomic E-state index is 13.1. The van der Waals surface area contributed by atoms with Crippen LogP contribution in [0.5, 0.6) is 0 Å². The first-order chi connectivity index (χ1) is 13.4. The van der Waals surface area contributed by atoms with Crippen LogP contribution in [0.15, 0.2) is 53.3 Å². The van der Waals surface area contributed by atoms with E-state index >= 15 is 0 Å². The lowest BCUT2D eigenvalue weighted by Gasteiger charge is -2.07. The minimum Gasteiger partial charge on any atom is -0.267 e. The van der Waals surface area contributed by atoms with E-state index in [1.165, 1.54) is 4.57 Å². The number of rotatable bonds is 3. The Morgan fingerprint density at radius 2 is 1.79 bits per heavy atom. The molecule has 2 aromatic carbocycles. The summed E-state index contributed by atoms with van der Waals surface area (Å²) in [6.45, 7) is 6.19. The maximum Gasteiger partial charge on any atom is 0.273 e. The quantitative estimate of drug-likeness (QED) is 0.694. The van der Waals surface area contributed by atoms with Gasteiger partial charge in [0, 0.05) is 0 Å². The van der Waals surface area contributed by atoms with E-state index in [9.17, 15) is 15.3 Å². The zero-order chi connectivity index (χ0) is 20.3. The molecule has 138 valence electrons. The summed E-state index contributed by atoms with van der Waals surface area (Å²) < 4.78 is 2.29.